The summed E-state index contributed by atoms with van der Waals surface area (Å²) >= 11 is 0. The van der Waals surface area contributed by atoms with Gasteiger partial charge in [0.1, 0.15) is 0 Å². The van der Waals surface area contributed by atoms with Crippen molar-refractivity contribution >= 4 is 40.4 Å². The van der Waals surface area contributed by atoms with Gasteiger partial charge in [-0.05, 0) is 91.6 Å². The van der Waals surface area contributed by atoms with Crippen LogP contribution in [0.25, 0.3) is 16.7 Å². The molecule has 2 aromatic carbocycles. The number of amides is 3. The van der Waals surface area contributed by atoms with Gasteiger partial charge in [-0.3, -0.25) is 19.4 Å². The van der Waals surface area contributed by atoms with Gasteiger partial charge in [-0.25, -0.2) is 0 Å². The minimum absolute atomic E-state index is 0.0387. The first-order valence-electron chi connectivity index (χ1n) is 15.5. The molecular weight excluding hydrogens is 538 g/mol. The summed E-state index contributed by atoms with van der Waals surface area (Å²) in [6.45, 7) is 4.68. The van der Waals surface area contributed by atoms with Gasteiger partial charge in [-0.2, -0.15) is 0 Å². The Morgan fingerprint density at radius 3 is 2.40 bits per heavy atom. The minimum atomic E-state index is -0.175. The van der Waals surface area contributed by atoms with Crippen molar-refractivity contribution < 1.29 is 14.4 Å². The molecule has 0 saturated heterocycles. The Morgan fingerprint density at radius 2 is 1.65 bits per heavy atom. The molecule has 6 rings (SSSR count). The zero-order valence-electron chi connectivity index (χ0n) is 24.9. The SMILES string of the molecule is CCC1=C(C(=O)Nc2ccc(C(=O)NC3CCCC3)c(CC)c2)c2cc(-c3cncc(NC(=O)C4CC4)c3)ccc2NC1. The molecule has 8 heteroatoms. The number of hydrogen-bond donors (Lipinski definition) is 4. The van der Waals surface area contributed by atoms with Crippen molar-refractivity contribution in [3.05, 3.63) is 77.1 Å². The zero-order chi connectivity index (χ0) is 29.9. The molecule has 0 radical (unpaired) electrons. The Kier molecular flexibility index (Phi) is 8.27. The van der Waals surface area contributed by atoms with Crippen molar-refractivity contribution in [2.75, 3.05) is 22.5 Å². The van der Waals surface area contributed by atoms with Crippen molar-refractivity contribution in [2.45, 2.75) is 71.3 Å². The van der Waals surface area contributed by atoms with Crippen LogP contribution in [0.5, 0.6) is 0 Å². The van der Waals surface area contributed by atoms with Crippen molar-refractivity contribution in [3.63, 3.8) is 0 Å². The second kappa shape index (κ2) is 12.4. The summed E-state index contributed by atoms with van der Waals surface area (Å²) in [6, 6.07) is 13.7. The summed E-state index contributed by atoms with van der Waals surface area (Å²) in [6.07, 6.45) is 11.1. The van der Waals surface area contributed by atoms with E-state index in [0.29, 0.717) is 35.5 Å². The standard InChI is InChI=1S/C35H39N5O3/c1-3-21-15-27(12-13-29(21)34(42)38-26-7-5-6-8-26)39-35(43)32-22(4-2)19-37-31-14-11-24(17-30(31)32)25-16-28(20-36-18-25)40-33(41)23-9-10-23/h11-18,20,23,26,37H,3-10,19H2,1-2H3,(H,38,42)(H,39,43)(H,40,41). The van der Waals surface area contributed by atoms with E-state index in [-0.39, 0.29) is 29.7 Å². The molecule has 2 fully saturated rings. The molecule has 3 amide bonds. The Morgan fingerprint density at radius 1 is 0.837 bits per heavy atom. The molecule has 1 aromatic heterocycles. The summed E-state index contributed by atoms with van der Waals surface area (Å²) in [5, 5.41) is 12.7. The van der Waals surface area contributed by atoms with Gasteiger partial charge in [0, 0.05) is 58.3 Å². The van der Waals surface area contributed by atoms with Gasteiger partial charge in [0.2, 0.25) is 5.91 Å². The summed E-state index contributed by atoms with van der Waals surface area (Å²) in [4.78, 5) is 43.6. The number of hydrogen-bond acceptors (Lipinski definition) is 5. The lowest BCUT2D eigenvalue weighted by atomic mass is 9.90. The molecule has 2 heterocycles. The third-order valence-electron chi connectivity index (χ3n) is 8.75. The Balaban J connectivity index is 1.25. The number of fused-ring (bicyclic) bond motifs is 1. The second-order valence-electron chi connectivity index (χ2n) is 11.8. The molecule has 2 saturated carbocycles. The lowest BCUT2D eigenvalue weighted by Gasteiger charge is -2.25. The maximum atomic E-state index is 13.9. The second-order valence-corrected chi connectivity index (χ2v) is 11.8. The molecule has 8 nitrogen and oxygen atoms in total. The number of aromatic nitrogens is 1. The fourth-order valence-corrected chi connectivity index (χ4v) is 6.12. The van der Waals surface area contributed by atoms with E-state index in [9.17, 15) is 14.4 Å². The molecule has 1 aliphatic heterocycles. The first-order valence-corrected chi connectivity index (χ1v) is 15.5. The molecule has 43 heavy (non-hydrogen) atoms. The summed E-state index contributed by atoms with van der Waals surface area (Å²) in [7, 11) is 0. The lowest BCUT2D eigenvalue weighted by Crippen LogP contribution is -2.33. The zero-order valence-corrected chi connectivity index (χ0v) is 24.9. The quantitative estimate of drug-likeness (QED) is 0.230. The average molecular weight is 578 g/mol. The van der Waals surface area contributed by atoms with Crippen LogP contribution < -0.4 is 21.3 Å². The highest BCUT2D eigenvalue weighted by molar-refractivity contribution is 6.28. The van der Waals surface area contributed by atoms with E-state index in [0.717, 1.165) is 78.5 Å². The van der Waals surface area contributed by atoms with Crippen molar-refractivity contribution in [1.82, 2.24) is 10.3 Å². The molecule has 3 aliphatic rings. The van der Waals surface area contributed by atoms with E-state index >= 15 is 0 Å². The summed E-state index contributed by atoms with van der Waals surface area (Å²) < 4.78 is 0. The van der Waals surface area contributed by atoms with Crippen LogP contribution in [0, 0.1) is 5.92 Å². The van der Waals surface area contributed by atoms with Gasteiger partial charge in [0.15, 0.2) is 0 Å². The smallest absolute Gasteiger partial charge is 0.256 e. The van der Waals surface area contributed by atoms with Gasteiger partial charge in [-0.15, -0.1) is 0 Å². The van der Waals surface area contributed by atoms with E-state index in [1.807, 2.05) is 49.4 Å². The number of carbonyl (C=O) groups excluding carboxylic acids is 3. The van der Waals surface area contributed by atoms with Gasteiger partial charge >= 0.3 is 0 Å². The van der Waals surface area contributed by atoms with E-state index in [4.69, 9.17) is 0 Å². The topological polar surface area (TPSA) is 112 Å². The molecule has 0 atom stereocenters. The fourth-order valence-electron chi connectivity index (χ4n) is 6.12. The van der Waals surface area contributed by atoms with Crippen molar-refractivity contribution in [2.24, 2.45) is 5.92 Å². The molecule has 222 valence electrons. The number of aryl methyl sites for hydroxylation is 1. The molecule has 0 spiro atoms. The molecule has 4 N–H and O–H groups in total. The normalized spacial score (nSPS) is 16.3. The number of pyridine rings is 1. The number of nitrogens with zero attached hydrogens (tertiary/aromatic N) is 1. The predicted molar refractivity (Wildman–Crippen MR) is 171 cm³/mol. The third-order valence-corrected chi connectivity index (χ3v) is 8.75. The highest BCUT2D eigenvalue weighted by Gasteiger charge is 2.30. The van der Waals surface area contributed by atoms with Crippen LogP contribution in [-0.2, 0) is 16.0 Å². The Hall–Kier alpha value is -4.46. The van der Waals surface area contributed by atoms with Crippen LogP contribution in [0.4, 0.5) is 17.1 Å². The van der Waals surface area contributed by atoms with Gasteiger partial charge in [-0.1, -0.05) is 32.8 Å². The van der Waals surface area contributed by atoms with Crippen LogP contribution in [0.1, 0.15) is 80.3 Å². The van der Waals surface area contributed by atoms with E-state index in [1.54, 1.807) is 12.4 Å². The van der Waals surface area contributed by atoms with Crippen LogP contribution in [0.2, 0.25) is 0 Å². The van der Waals surface area contributed by atoms with Crippen LogP contribution in [0.3, 0.4) is 0 Å². The predicted octanol–water partition coefficient (Wildman–Crippen LogP) is 6.56. The maximum Gasteiger partial charge on any atom is 0.256 e. The average Bonchev–Trinajstić information content (AvgIpc) is 3.76. The highest BCUT2D eigenvalue weighted by atomic mass is 16.2. The number of rotatable bonds is 9. The summed E-state index contributed by atoms with van der Waals surface area (Å²) in [5.74, 6) is -0.0683. The molecule has 3 aromatic rings. The van der Waals surface area contributed by atoms with Crippen LogP contribution in [-0.4, -0.2) is 35.3 Å². The number of carbonyl (C=O) groups is 3. The maximum absolute atomic E-state index is 13.9. The van der Waals surface area contributed by atoms with E-state index in [1.165, 1.54) is 0 Å². The molecule has 0 unspecified atom stereocenters. The third kappa shape index (κ3) is 6.33. The van der Waals surface area contributed by atoms with Crippen molar-refractivity contribution in [1.29, 1.82) is 0 Å². The van der Waals surface area contributed by atoms with E-state index in [2.05, 4.69) is 33.2 Å². The van der Waals surface area contributed by atoms with Gasteiger partial charge in [0.05, 0.1) is 11.9 Å². The Labute approximate surface area is 252 Å². The number of nitrogens with one attached hydrogen (secondary N) is 4. The first-order chi connectivity index (χ1) is 20.9. The molecule has 0 bridgehead atoms. The first kappa shape index (κ1) is 28.6. The lowest BCUT2D eigenvalue weighted by molar-refractivity contribution is -0.117. The van der Waals surface area contributed by atoms with Gasteiger partial charge < -0.3 is 21.3 Å². The molecular formula is C35H39N5O3. The van der Waals surface area contributed by atoms with Crippen LogP contribution in [0.15, 0.2) is 60.4 Å². The van der Waals surface area contributed by atoms with Crippen LogP contribution >= 0.6 is 0 Å². The summed E-state index contributed by atoms with van der Waals surface area (Å²) in [5.41, 5.74) is 8.08. The largest absolute Gasteiger partial charge is 0.381 e. The minimum Gasteiger partial charge on any atom is -0.381 e. The van der Waals surface area contributed by atoms with E-state index < -0.39 is 0 Å². The van der Waals surface area contributed by atoms with Crippen molar-refractivity contribution in [3.8, 4) is 11.1 Å². The molecule has 2 aliphatic carbocycles. The monoisotopic (exact) mass is 577 g/mol. The number of anilines is 3. The Bertz CT molecular complexity index is 1600. The van der Waals surface area contributed by atoms with Gasteiger partial charge in [0.25, 0.3) is 11.8 Å². The number of benzene rings is 2. The fraction of sp³-hybridized carbons (Fsp3) is 0.371. The highest BCUT2D eigenvalue weighted by Crippen LogP contribution is 2.37.